The summed E-state index contributed by atoms with van der Waals surface area (Å²) in [5.74, 6) is -0.680. The van der Waals surface area contributed by atoms with Crippen molar-refractivity contribution in [2.24, 2.45) is 5.73 Å². The van der Waals surface area contributed by atoms with Gasteiger partial charge >= 0.3 is 0 Å². The molecule has 0 heterocycles. The van der Waals surface area contributed by atoms with Gasteiger partial charge in [0, 0.05) is 16.1 Å². The zero-order chi connectivity index (χ0) is 17.9. The third kappa shape index (κ3) is 4.00. The van der Waals surface area contributed by atoms with Gasteiger partial charge in [0.25, 0.3) is 10.0 Å². The number of rotatable bonds is 6. The predicted molar refractivity (Wildman–Crippen MR) is 95.7 cm³/mol. The van der Waals surface area contributed by atoms with Crippen molar-refractivity contribution in [1.29, 1.82) is 0 Å². The van der Waals surface area contributed by atoms with Crippen molar-refractivity contribution in [2.45, 2.75) is 24.3 Å². The molecule has 0 radical (unpaired) electrons. The first-order valence-corrected chi connectivity index (χ1v) is 9.42. The molecule has 0 amide bonds. The number of halogens is 3. The molecule has 2 rings (SSSR count). The maximum absolute atomic E-state index is 14.3. The Morgan fingerprint density at radius 1 is 1.12 bits per heavy atom. The molecule has 24 heavy (non-hydrogen) atoms. The standard InChI is InChI=1S/C16H17Cl2FN2O2S/c1-11(8-9-20)21(16-10-13(18)4-7-15(16)19)24(22,23)14-5-2-12(17)3-6-14/h2-7,10-11H,8-9,20H2,1H3. The molecule has 4 nitrogen and oxygen atoms in total. The highest BCUT2D eigenvalue weighted by Crippen LogP contribution is 2.31. The topological polar surface area (TPSA) is 63.4 Å². The molecule has 1 unspecified atom stereocenters. The lowest BCUT2D eigenvalue weighted by Gasteiger charge is -2.30. The van der Waals surface area contributed by atoms with Gasteiger partial charge in [-0.25, -0.2) is 12.8 Å². The molecule has 8 heteroatoms. The van der Waals surface area contributed by atoms with E-state index in [0.29, 0.717) is 11.4 Å². The normalized spacial score (nSPS) is 12.9. The molecular weight excluding hydrogens is 374 g/mol. The van der Waals surface area contributed by atoms with E-state index >= 15 is 0 Å². The molecule has 0 bridgehead atoms. The van der Waals surface area contributed by atoms with Crippen LogP contribution >= 0.6 is 23.2 Å². The molecule has 2 aromatic carbocycles. The smallest absolute Gasteiger partial charge is 0.264 e. The van der Waals surface area contributed by atoms with Gasteiger partial charge in [-0.1, -0.05) is 23.2 Å². The van der Waals surface area contributed by atoms with Gasteiger partial charge in [0.05, 0.1) is 10.6 Å². The Morgan fingerprint density at radius 3 is 2.29 bits per heavy atom. The number of hydrogen-bond acceptors (Lipinski definition) is 3. The van der Waals surface area contributed by atoms with Crippen molar-refractivity contribution >= 4 is 38.9 Å². The summed E-state index contributed by atoms with van der Waals surface area (Å²) in [7, 11) is -4.01. The van der Waals surface area contributed by atoms with Crippen molar-refractivity contribution in [3.05, 3.63) is 58.3 Å². The van der Waals surface area contributed by atoms with Gasteiger partial charge in [-0.15, -0.1) is 0 Å². The van der Waals surface area contributed by atoms with Gasteiger partial charge < -0.3 is 5.73 Å². The summed E-state index contributed by atoms with van der Waals surface area (Å²) in [6.07, 6.45) is 0.360. The zero-order valence-electron chi connectivity index (χ0n) is 12.9. The van der Waals surface area contributed by atoms with Gasteiger partial charge in [0.2, 0.25) is 0 Å². The first kappa shape index (κ1) is 19.0. The number of benzene rings is 2. The van der Waals surface area contributed by atoms with Gasteiger partial charge in [0.15, 0.2) is 0 Å². The van der Waals surface area contributed by atoms with Crippen molar-refractivity contribution in [1.82, 2.24) is 0 Å². The minimum Gasteiger partial charge on any atom is -0.330 e. The predicted octanol–water partition coefficient (Wildman–Crippen LogP) is 4.07. The highest BCUT2D eigenvalue weighted by atomic mass is 35.5. The van der Waals surface area contributed by atoms with Crippen molar-refractivity contribution < 1.29 is 12.8 Å². The summed E-state index contributed by atoms with van der Waals surface area (Å²) in [6, 6.07) is 8.92. The quantitative estimate of drug-likeness (QED) is 0.808. The second-order valence-corrected chi connectivity index (χ2v) is 7.96. The summed E-state index contributed by atoms with van der Waals surface area (Å²) < 4.78 is 41.4. The highest BCUT2D eigenvalue weighted by Gasteiger charge is 2.31. The van der Waals surface area contributed by atoms with Gasteiger partial charge in [0.1, 0.15) is 5.82 Å². The molecule has 0 aliphatic carbocycles. The van der Waals surface area contributed by atoms with Crippen LogP contribution < -0.4 is 10.0 Å². The number of nitrogens with zero attached hydrogens (tertiary/aromatic N) is 1. The van der Waals surface area contributed by atoms with Crippen molar-refractivity contribution in [3.63, 3.8) is 0 Å². The van der Waals surface area contributed by atoms with Crippen LogP contribution in [-0.4, -0.2) is 21.0 Å². The average molecular weight is 391 g/mol. The second-order valence-electron chi connectivity index (χ2n) is 5.28. The molecule has 2 N–H and O–H groups in total. The molecular formula is C16H17Cl2FN2O2S. The maximum atomic E-state index is 14.3. The fourth-order valence-electron chi connectivity index (χ4n) is 2.34. The molecule has 0 aliphatic heterocycles. The number of anilines is 1. The van der Waals surface area contributed by atoms with Gasteiger partial charge in [-0.3, -0.25) is 4.31 Å². The average Bonchev–Trinajstić information content (AvgIpc) is 2.51. The Morgan fingerprint density at radius 2 is 1.71 bits per heavy atom. The van der Waals surface area contributed by atoms with Crippen LogP contribution in [0, 0.1) is 5.82 Å². The van der Waals surface area contributed by atoms with Crippen LogP contribution in [0.1, 0.15) is 13.3 Å². The van der Waals surface area contributed by atoms with Crippen LogP contribution in [-0.2, 0) is 10.0 Å². The Labute approximate surface area is 151 Å². The number of sulfonamides is 1. The van der Waals surface area contributed by atoms with Crippen molar-refractivity contribution in [3.8, 4) is 0 Å². The number of nitrogens with two attached hydrogens (primary N) is 1. The molecule has 0 aliphatic rings. The Bertz CT molecular complexity index is 813. The van der Waals surface area contributed by atoms with E-state index in [2.05, 4.69) is 0 Å². The van der Waals surface area contributed by atoms with Crippen LogP contribution in [0.2, 0.25) is 10.0 Å². The van der Waals surface area contributed by atoms with Gasteiger partial charge in [-0.2, -0.15) is 0 Å². The highest BCUT2D eigenvalue weighted by molar-refractivity contribution is 7.92. The van der Waals surface area contributed by atoms with Crippen LogP contribution in [0.3, 0.4) is 0 Å². The van der Waals surface area contributed by atoms with E-state index < -0.39 is 21.9 Å². The van der Waals surface area contributed by atoms with Crippen LogP contribution in [0.5, 0.6) is 0 Å². The van der Waals surface area contributed by atoms with Crippen LogP contribution in [0.25, 0.3) is 0 Å². The Hall–Kier alpha value is -1.34. The maximum Gasteiger partial charge on any atom is 0.264 e. The molecule has 0 fully saturated rings. The van der Waals surface area contributed by atoms with E-state index in [9.17, 15) is 12.8 Å². The fraction of sp³-hybridized carbons (Fsp3) is 0.250. The number of hydrogen-bond donors (Lipinski definition) is 1. The Balaban J connectivity index is 2.61. The van der Waals surface area contributed by atoms with Gasteiger partial charge in [-0.05, 0) is 62.4 Å². The molecule has 1 atom stereocenters. The largest absolute Gasteiger partial charge is 0.330 e. The SMILES string of the molecule is CC(CCN)N(c1cc(Cl)ccc1F)S(=O)(=O)c1ccc(Cl)cc1. The van der Waals surface area contributed by atoms with Crippen LogP contribution in [0.15, 0.2) is 47.4 Å². The molecule has 2 aromatic rings. The lowest BCUT2D eigenvalue weighted by molar-refractivity contribution is 0.564. The lowest BCUT2D eigenvalue weighted by atomic mass is 10.2. The minimum absolute atomic E-state index is 0.00940. The molecule has 0 aromatic heterocycles. The Kier molecular flexibility index (Phi) is 6.09. The van der Waals surface area contributed by atoms with Crippen molar-refractivity contribution in [2.75, 3.05) is 10.8 Å². The fourth-order valence-corrected chi connectivity index (χ4v) is 4.31. The van der Waals surface area contributed by atoms with E-state index in [1.807, 2.05) is 0 Å². The molecule has 0 spiro atoms. The molecule has 0 saturated carbocycles. The summed E-state index contributed by atoms with van der Waals surface area (Å²) in [5, 5.41) is 0.645. The van der Waals surface area contributed by atoms with E-state index in [-0.39, 0.29) is 22.2 Å². The first-order valence-electron chi connectivity index (χ1n) is 7.22. The van der Waals surface area contributed by atoms with E-state index in [1.165, 1.54) is 36.4 Å². The summed E-state index contributed by atoms with van der Waals surface area (Å²) in [6.45, 7) is 1.93. The van der Waals surface area contributed by atoms with Crippen LogP contribution in [0.4, 0.5) is 10.1 Å². The zero-order valence-corrected chi connectivity index (χ0v) is 15.2. The second kappa shape index (κ2) is 7.70. The summed E-state index contributed by atoms with van der Waals surface area (Å²) >= 11 is 11.7. The molecule has 130 valence electrons. The first-order chi connectivity index (χ1) is 11.3. The monoisotopic (exact) mass is 390 g/mol. The molecule has 0 saturated heterocycles. The third-order valence-electron chi connectivity index (χ3n) is 3.50. The lowest BCUT2D eigenvalue weighted by Crippen LogP contribution is -2.40. The summed E-state index contributed by atoms with van der Waals surface area (Å²) in [4.78, 5) is 0.00940. The van der Waals surface area contributed by atoms with E-state index in [0.717, 1.165) is 10.4 Å². The third-order valence-corrected chi connectivity index (χ3v) is 5.93. The van der Waals surface area contributed by atoms with E-state index in [4.69, 9.17) is 28.9 Å². The summed E-state index contributed by atoms with van der Waals surface area (Å²) in [5.41, 5.74) is 5.44. The minimum atomic E-state index is -4.01. The van der Waals surface area contributed by atoms with E-state index in [1.54, 1.807) is 6.92 Å².